The summed E-state index contributed by atoms with van der Waals surface area (Å²) in [5.41, 5.74) is 1.75. The van der Waals surface area contributed by atoms with Crippen molar-refractivity contribution in [2.24, 2.45) is 0 Å². The molecular weight excluding hydrogens is 179 g/mol. The van der Waals surface area contributed by atoms with Crippen LogP contribution in [0.3, 0.4) is 0 Å². The summed E-state index contributed by atoms with van der Waals surface area (Å²) in [6, 6.07) is 3.25. The molecule has 0 spiro atoms. The largest absolute Gasteiger partial charge is 0.295 e. The quantitative estimate of drug-likeness (QED) is 0.659. The minimum Gasteiger partial charge on any atom is -0.295 e. The highest BCUT2D eigenvalue weighted by molar-refractivity contribution is 5.94. The maximum Gasteiger partial charge on any atom is 0.159 e. The lowest BCUT2D eigenvalue weighted by atomic mass is 9.96. The van der Waals surface area contributed by atoms with Crippen molar-refractivity contribution in [3.05, 3.63) is 34.6 Å². The molecule has 2 heteroatoms. The second-order valence-corrected chi connectivity index (χ2v) is 3.91. The van der Waals surface area contributed by atoms with Crippen molar-refractivity contribution in [1.29, 1.82) is 0 Å². The summed E-state index contributed by atoms with van der Waals surface area (Å²) in [7, 11) is 0. The Hall–Kier alpha value is -1.18. The molecule has 0 bridgehead atoms. The zero-order chi connectivity index (χ0) is 10.9. The lowest BCUT2D eigenvalue weighted by Crippen LogP contribution is -2.01. The molecule has 1 nitrogen and oxygen atoms in total. The Morgan fingerprint density at radius 3 is 2.36 bits per heavy atom. The Morgan fingerprint density at radius 2 is 1.93 bits per heavy atom. The Balaban J connectivity index is 3.35. The third-order valence-corrected chi connectivity index (χ3v) is 2.31. The smallest absolute Gasteiger partial charge is 0.159 e. The van der Waals surface area contributed by atoms with Crippen LogP contribution in [0.1, 0.15) is 48.2 Å². The molecule has 0 atom stereocenters. The summed E-state index contributed by atoms with van der Waals surface area (Å²) in [5.74, 6) is -0.104. The summed E-state index contributed by atoms with van der Waals surface area (Å²) in [4.78, 5) is 11.2. The minimum absolute atomic E-state index is 0.0185. The van der Waals surface area contributed by atoms with E-state index in [1.807, 2.05) is 13.8 Å². The van der Waals surface area contributed by atoms with E-state index >= 15 is 0 Å². The molecule has 76 valence electrons. The summed E-state index contributed by atoms with van der Waals surface area (Å²) in [6.07, 6.45) is 0. The molecule has 0 heterocycles. The van der Waals surface area contributed by atoms with Crippen LogP contribution in [0, 0.1) is 12.7 Å². The summed E-state index contributed by atoms with van der Waals surface area (Å²) in [6.45, 7) is 7.02. The van der Waals surface area contributed by atoms with Gasteiger partial charge in [0.15, 0.2) is 5.78 Å². The van der Waals surface area contributed by atoms with E-state index in [0.717, 1.165) is 0 Å². The molecule has 0 aliphatic heterocycles. The lowest BCUT2D eigenvalue weighted by molar-refractivity contribution is 0.101. The normalized spacial score (nSPS) is 10.7. The maximum atomic E-state index is 13.6. The third kappa shape index (κ3) is 2.00. The van der Waals surface area contributed by atoms with Crippen LogP contribution in [-0.2, 0) is 0 Å². The molecule has 0 saturated carbocycles. The summed E-state index contributed by atoms with van der Waals surface area (Å²) < 4.78 is 13.6. The van der Waals surface area contributed by atoms with E-state index in [0.29, 0.717) is 16.7 Å². The molecule has 1 rings (SSSR count). The van der Waals surface area contributed by atoms with Gasteiger partial charge in [-0.15, -0.1) is 0 Å². The predicted octanol–water partition coefficient (Wildman–Crippen LogP) is 3.46. The number of rotatable bonds is 2. The first-order valence-corrected chi connectivity index (χ1v) is 4.74. The zero-order valence-electron chi connectivity index (χ0n) is 9.02. The molecule has 0 radical (unpaired) electrons. The first-order valence-electron chi connectivity index (χ1n) is 4.74. The highest BCUT2D eigenvalue weighted by atomic mass is 19.1. The topological polar surface area (TPSA) is 17.1 Å². The van der Waals surface area contributed by atoms with Crippen LogP contribution < -0.4 is 0 Å². The molecule has 0 fully saturated rings. The van der Waals surface area contributed by atoms with Crippen LogP contribution >= 0.6 is 0 Å². The molecule has 0 N–H and O–H groups in total. The summed E-state index contributed by atoms with van der Waals surface area (Å²) in [5, 5.41) is 0. The van der Waals surface area contributed by atoms with Crippen molar-refractivity contribution in [1.82, 2.24) is 0 Å². The molecule has 1 aromatic rings. The fraction of sp³-hybridized carbons (Fsp3) is 0.417. The van der Waals surface area contributed by atoms with E-state index in [-0.39, 0.29) is 17.5 Å². The van der Waals surface area contributed by atoms with Crippen molar-refractivity contribution in [2.45, 2.75) is 33.6 Å². The van der Waals surface area contributed by atoms with Crippen molar-refractivity contribution < 1.29 is 9.18 Å². The number of halogens is 1. The zero-order valence-corrected chi connectivity index (χ0v) is 9.02. The van der Waals surface area contributed by atoms with E-state index < -0.39 is 0 Å². The van der Waals surface area contributed by atoms with Crippen LogP contribution in [0.2, 0.25) is 0 Å². The van der Waals surface area contributed by atoms with Gasteiger partial charge >= 0.3 is 0 Å². The Morgan fingerprint density at radius 1 is 1.36 bits per heavy atom. The summed E-state index contributed by atoms with van der Waals surface area (Å²) >= 11 is 0. The molecule has 14 heavy (non-hydrogen) atoms. The average molecular weight is 194 g/mol. The van der Waals surface area contributed by atoms with Gasteiger partial charge in [-0.2, -0.15) is 0 Å². The van der Waals surface area contributed by atoms with Crippen molar-refractivity contribution in [3.8, 4) is 0 Å². The second-order valence-electron chi connectivity index (χ2n) is 3.91. The van der Waals surface area contributed by atoms with Crippen LogP contribution in [0.4, 0.5) is 4.39 Å². The first-order chi connectivity index (χ1) is 6.43. The molecule has 1 aromatic carbocycles. The number of aryl methyl sites for hydroxylation is 1. The molecule has 0 aromatic heterocycles. The number of carbonyl (C=O) groups is 1. The first kappa shape index (κ1) is 10.9. The average Bonchev–Trinajstić information content (AvgIpc) is 2.08. The number of benzene rings is 1. The number of hydrogen-bond acceptors (Lipinski definition) is 1. The van der Waals surface area contributed by atoms with Crippen LogP contribution in [-0.4, -0.2) is 5.78 Å². The van der Waals surface area contributed by atoms with Gasteiger partial charge in [-0.3, -0.25) is 4.79 Å². The number of hydrogen-bond donors (Lipinski definition) is 0. The van der Waals surface area contributed by atoms with E-state index in [1.165, 1.54) is 6.92 Å². The van der Waals surface area contributed by atoms with Crippen LogP contribution in [0.25, 0.3) is 0 Å². The highest BCUT2D eigenvalue weighted by Gasteiger charge is 2.12. The molecule has 0 unspecified atom stereocenters. The number of Topliss-reactive ketones (excluding diaryl/α,β-unsaturated/α-hetero) is 1. The Kier molecular flexibility index (Phi) is 3.04. The Bertz CT molecular complexity index is 367. The molecular formula is C12H15FO. The van der Waals surface area contributed by atoms with Crippen molar-refractivity contribution in [2.75, 3.05) is 0 Å². The highest BCUT2D eigenvalue weighted by Crippen LogP contribution is 2.23. The van der Waals surface area contributed by atoms with E-state index in [2.05, 4.69) is 0 Å². The molecule has 0 amide bonds. The number of carbonyl (C=O) groups excluding carboxylic acids is 1. The van der Waals surface area contributed by atoms with Gasteiger partial charge in [0.05, 0.1) is 0 Å². The third-order valence-electron chi connectivity index (χ3n) is 2.31. The lowest BCUT2D eigenvalue weighted by Gasteiger charge is -2.10. The van der Waals surface area contributed by atoms with Gasteiger partial charge in [-0.25, -0.2) is 4.39 Å². The monoisotopic (exact) mass is 194 g/mol. The molecule has 0 aliphatic carbocycles. The fourth-order valence-electron chi connectivity index (χ4n) is 1.42. The van der Waals surface area contributed by atoms with Gasteiger partial charge in [0.2, 0.25) is 0 Å². The molecule has 0 aliphatic rings. The second kappa shape index (κ2) is 3.91. The standard InChI is InChI=1S/C12H15FO/c1-7(2)11-6-10(9(4)14)5-8(3)12(11)13/h5-7H,1-4H3. The van der Waals surface area contributed by atoms with Gasteiger partial charge in [-0.1, -0.05) is 13.8 Å². The SMILES string of the molecule is CC(=O)c1cc(C)c(F)c(C(C)C)c1. The van der Waals surface area contributed by atoms with Crippen LogP contribution in [0.15, 0.2) is 12.1 Å². The van der Waals surface area contributed by atoms with Gasteiger partial charge < -0.3 is 0 Å². The minimum atomic E-state index is -0.190. The van der Waals surface area contributed by atoms with Crippen LogP contribution in [0.5, 0.6) is 0 Å². The van der Waals surface area contributed by atoms with Crippen molar-refractivity contribution in [3.63, 3.8) is 0 Å². The van der Waals surface area contributed by atoms with Gasteiger partial charge in [0.25, 0.3) is 0 Å². The van der Waals surface area contributed by atoms with Gasteiger partial charge in [-0.05, 0) is 43.0 Å². The Labute approximate surface area is 83.9 Å². The van der Waals surface area contributed by atoms with E-state index in [1.54, 1.807) is 19.1 Å². The van der Waals surface area contributed by atoms with E-state index in [9.17, 15) is 9.18 Å². The van der Waals surface area contributed by atoms with E-state index in [4.69, 9.17) is 0 Å². The maximum absolute atomic E-state index is 13.6. The van der Waals surface area contributed by atoms with Gasteiger partial charge in [0.1, 0.15) is 5.82 Å². The van der Waals surface area contributed by atoms with Crippen molar-refractivity contribution >= 4 is 5.78 Å². The predicted molar refractivity (Wildman–Crippen MR) is 55.2 cm³/mol. The number of ketones is 1. The van der Waals surface area contributed by atoms with Gasteiger partial charge in [0, 0.05) is 5.56 Å². The fourth-order valence-corrected chi connectivity index (χ4v) is 1.42. The molecule has 0 saturated heterocycles.